The Morgan fingerprint density at radius 3 is 2.37 bits per heavy atom. The second kappa shape index (κ2) is 7.27. The first-order chi connectivity index (χ1) is 14.5. The van der Waals surface area contributed by atoms with Gasteiger partial charge in [0.15, 0.2) is 5.50 Å². The van der Waals surface area contributed by atoms with Gasteiger partial charge < -0.3 is 15.5 Å². The topological polar surface area (TPSA) is 39.7 Å². The molecule has 0 amide bonds. The molecular weight excluding hydrogens is 409 g/mol. The number of hydrogen-bond donors (Lipinski definition) is 2. The van der Waals surface area contributed by atoms with Gasteiger partial charge in [0.1, 0.15) is 0 Å². The number of fused-ring (bicyclic) bond motifs is 2. The van der Waals surface area contributed by atoms with Crippen LogP contribution in [0, 0.1) is 0 Å². The van der Waals surface area contributed by atoms with Crippen molar-refractivity contribution in [2.45, 2.75) is 43.0 Å². The standard InChI is InChI=1S/C22H21F3N4S/c23-22(24,25)21(15-9-3-1-4-10-15)28-19(26-16-11-5-2-6-12-16)27-20-29(21)17-13-7-8-14-18(17)30-20/h1-6,9-12,20H,7-8,13-14H2,(H2,26,27,28)/t20-,21+/m1/s1. The summed E-state index contributed by atoms with van der Waals surface area (Å²) in [6.07, 6.45) is -1.23. The zero-order chi connectivity index (χ0) is 20.8. The average Bonchev–Trinajstić information content (AvgIpc) is 3.12. The Morgan fingerprint density at radius 1 is 1.00 bits per heavy atom. The number of allylic oxidation sites excluding steroid dienone is 2. The Labute approximate surface area is 177 Å². The molecule has 2 aromatic carbocycles. The lowest BCUT2D eigenvalue weighted by atomic mass is 9.93. The highest BCUT2D eigenvalue weighted by atomic mass is 32.2. The maximum Gasteiger partial charge on any atom is 0.435 e. The van der Waals surface area contributed by atoms with Gasteiger partial charge in [-0.15, -0.1) is 0 Å². The van der Waals surface area contributed by atoms with Crippen molar-refractivity contribution in [2.24, 2.45) is 4.99 Å². The highest BCUT2D eigenvalue weighted by Crippen LogP contribution is 2.56. The van der Waals surface area contributed by atoms with Crippen LogP contribution in [-0.4, -0.2) is 22.5 Å². The fraction of sp³-hybridized carbons (Fsp3) is 0.318. The molecule has 0 aromatic heterocycles. The smallest absolute Gasteiger partial charge is 0.326 e. The van der Waals surface area contributed by atoms with Gasteiger partial charge in [-0.2, -0.15) is 13.2 Å². The van der Waals surface area contributed by atoms with Crippen LogP contribution in [-0.2, 0) is 5.66 Å². The molecule has 0 saturated carbocycles. The molecule has 0 unspecified atom stereocenters. The Balaban J connectivity index is 1.66. The van der Waals surface area contributed by atoms with Crippen molar-refractivity contribution in [2.75, 3.05) is 5.32 Å². The molecular formula is C22H21F3N4S. The third kappa shape index (κ3) is 3.05. The number of nitrogens with zero attached hydrogens (tertiary/aromatic N) is 2. The molecule has 2 atom stereocenters. The second-order valence-electron chi connectivity index (χ2n) is 7.56. The van der Waals surface area contributed by atoms with Crippen LogP contribution < -0.4 is 10.6 Å². The van der Waals surface area contributed by atoms with Crippen LogP contribution in [0.1, 0.15) is 31.2 Å². The van der Waals surface area contributed by atoms with E-state index < -0.39 is 17.3 Å². The summed E-state index contributed by atoms with van der Waals surface area (Å²) in [5, 5.41) is 5.82. The summed E-state index contributed by atoms with van der Waals surface area (Å²) in [6.45, 7) is 0. The predicted molar refractivity (Wildman–Crippen MR) is 114 cm³/mol. The van der Waals surface area contributed by atoms with E-state index in [1.165, 1.54) is 28.8 Å². The minimum absolute atomic E-state index is 0.121. The number of halogens is 3. The second-order valence-corrected chi connectivity index (χ2v) is 8.71. The normalized spacial score (nSPS) is 25.9. The summed E-state index contributed by atoms with van der Waals surface area (Å²) in [7, 11) is 0. The molecule has 2 N–H and O–H groups in total. The lowest BCUT2D eigenvalue weighted by molar-refractivity contribution is -0.243. The van der Waals surface area contributed by atoms with Crippen molar-refractivity contribution in [3.63, 3.8) is 0 Å². The zero-order valence-electron chi connectivity index (χ0n) is 16.1. The van der Waals surface area contributed by atoms with Gasteiger partial charge in [0.2, 0.25) is 11.6 Å². The number of aliphatic imine (C=N–C) groups is 1. The fourth-order valence-electron chi connectivity index (χ4n) is 4.37. The third-order valence-electron chi connectivity index (χ3n) is 5.69. The molecule has 0 spiro atoms. The first-order valence-corrected chi connectivity index (χ1v) is 10.9. The van der Waals surface area contributed by atoms with Gasteiger partial charge in [-0.1, -0.05) is 60.3 Å². The van der Waals surface area contributed by atoms with E-state index >= 15 is 0 Å². The Morgan fingerprint density at radius 2 is 1.67 bits per heavy atom. The fourth-order valence-corrected chi connectivity index (χ4v) is 5.77. The number of hydrogen-bond acceptors (Lipinski definition) is 5. The van der Waals surface area contributed by atoms with E-state index in [9.17, 15) is 13.2 Å². The molecule has 0 fully saturated rings. The van der Waals surface area contributed by atoms with E-state index in [0.29, 0.717) is 12.1 Å². The van der Waals surface area contributed by atoms with Gasteiger partial charge >= 0.3 is 6.18 Å². The molecule has 4 nitrogen and oxygen atoms in total. The van der Waals surface area contributed by atoms with E-state index in [0.717, 1.165) is 29.9 Å². The molecule has 3 aliphatic rings. The van der Waals surface area contributed by atoms with E-state index in [1.54, 1.807) is 30.3 Å². The van der Waals surface area contributed by atoms with E-state index in [4.69, 9.17) is 0 Å². The molecule has 30 heavy (non-hydrogen) atoms. The lowest BCUT2D eigenvalue weighted by Gasteiger charge is -2.50. The molecule has 1 aliphatic carbocycles. The Bertz CT molecular complexity index is 990. The Hall–Kier alpha value is -2.61. The van der Waals surface area contributed by atoms with Crippen molar-refractivity contribution in [1.29, 1.82) is 0 Å². The van der Waals surface area contributed by atoms with Gasteiger partial charge in [0.25, 0.3) is 0 Å². The molecule has 156 valence electrons. The minimum Gasteiger partial charge on any atom is -0.326 e. The van der Waals surface area contributed by atoms with Crippen LogP contribution in [0.5, 0.6) is 0 Å². The largest absolute Gasteiger partial charge is 0.435 e. The highest BCUT2D eigenvalue weighted by molar-refractivity contribution is 8.03. The first-order valence-electron chi connectivity index (χ1n) is 9.97. The number of benzene rings is 2. The zero-order valence-corrected chi connectivity index (χ0v) is 16.9. The van der Waals surface area contributed by atoms with Gasteiger partial charge in [0.05, 0.1) is 0 Å². The summed E-state index contributed by atoms with van der Waals surface area (Å²) in [5.41, 5.74) is -1.44. The monoisotopic (exact) mass is 430 g/mol. The molecule has 0 saturated heterocycles. The number of thioether (sulfide) groups is 1. The predicted octanol–water partition coefficient (Wildman–Crippen LogP) is 5.59. The SMILES string of the molecule is FC(F)(F)[C@@]1(c2ccccc2)NC(Nc2ccccc2)=N[C@H]2SC3=C(CCCC3)N21. The number of rotatable bonds is 2. The molecule has 2 heterocycles. The van der Waals surface area contributed by atoms with Crippen LogP contribution in [0.2, 0.25) is 0 Å². The highest BCUT2D eigenvalue weighted by Gasteiger charge is 2.66. The van der Waals surface area contributed by atoms with Crippen LogP contribution in [0.3, 0.4) is 0 Å². The first kappa shape index (κ1) is 19.4. The summed E-state index contributed by atoms with van der Waals surface area (Å²) >= 11 is 1.44. The van der Waals surface area contributed by atoms with Gasteiger partial charge in [-0.05, 0) is 37.8 Å². The van der Waals surface area contributed by atoms with E-state index in [2.05, 4.69) is 15.6 Å². The third-order valence-corrected chi connectivity index (χ3v) is 6.94. The van der Waals surface area contributed by atoms with Crippen molar-refractivity contribution in [3.8, 4) is 0 Å². The van der Waals surface area contributed by atoms with Crippen LogP contribution in [0.4, 0.5) is 18.9 Å². The summed E-state index contributed by atoms with van der Waals surface area (Å²) < 4.78 is 44.9. The molecule has 8 heteroatoms. The maximum atomic E-state index is 15.0. The van der Waals surface area contributed by atoms with Crippen molar-refractivity contribution in [3.05, 3.63) is 76.8 Å². The summed E-state index contributed by atoms with van der Waals surface area (Å²) in [4.78, 5) is 7.14. The van der Waals surface area contributed by atoms with Gasteiger partial charge in [-0.3, -0.25) is 0 Å². The van der Waals surface area contributed by atoms with Crippen LogP contribution >= 0.6 is 11.8 Å². The van der Waals surface area contributed by atoms with Crippen molar-refractivity contribution >= 4 is 23.4 Å². The van der Waals surface area contributed by atoms with Crippen LogP contribution in [0.15, 0.2) is 76.3 Å². The average molecular weight is 430 g/mol. The number of guanidine groups is 1. The maximum absolute atomic E-state index is 15.0. The summed E-state index contributed by atoms with van der Waals surface area (Å²) in [6, 6.07) is 17.2. The number of anilines is 1. The summed E-state index contributed by atoms with van der Waals surface area (Å²) in [5.74, 6) is 0.121. The molecule has 5 rings (SSSR count). The molecule has 0 radical (unpaired) electrons. The molecule has 0 bridgehead atoms. The van der Waals surface area contributed by atoms with Crippen molar-refractivity contribution < 1.29 is 13.2 Å². The molecule has 2 aliphatic heterocycles. The Kier molecular flexibility index (Phi) is 4.69. The van der Waals surface area contributed by atoms with E-state index in [1.807, 2.05) is 18.2 Å². The van der Waals surface area contributed by atoms with Crippen molar-refractivity contribution in [1.82, 2.24) is 10.2 Å². The number of nitrogens with one attached hydrogen (secondary N) is 2. The minimum atomic E-state index is -4.58. The van der Waals surface area contributed by atoms with Crippen LogP contribution in [0.25, 0.3) is 0 Å². The quantitative estimate of drug-likeness (QED) is 0.652. The van der Waals surface area contributed by atoms with Gasteiger partial charge in [0, 0.05) is 21.9 Å². The number of para-hydroxylation sites is 1. The molecule has 2 aromatic rings. The van der Waals surface area contributed by atoms with E-state index in [-0.39, 0.29) is 11.5 Å². The van der Waals surface area contributed by atoms with Gasteiger partial charge in [-0.25, -0.2) is 4.99 Å². The lowest BCUT2D eigenvalue weighted by Crippen LogP contribution is -2.70. The number of alkyl halides is 3.